The number of carbonyl (C=O) groups is 12. The number of aliphatic carboxylic acids is 3. The highest BCUT2D eigenvalue weighted by Gasteiger charge is 2.37. The van der Waals surface area contributed by atoms with E-state index in [0.717, 1.165) is 6.92 Å². The predicted octanol–water partition coefficient (Wildman–Crippen LogP) is -7.09. The number of nitrogens with two attached hydrogens (primary N) is 3. The average Bonchev–Trinajstić information content (AvgIpc) is 3.57. The SMILES string of the molecule is C[C@@H](O)[C@H](NC(=O)[C@H](CO)NC(=O)[C@@H](N)CC(=O)O)C(=O)N[C@@H](Cc1ccccc1)C(=O)N[C@@H](CCC(=O)O)C(=O)N[C@@H](CO)C(=O)N[C@@H](CCCCN)C(=O)N[C@@H](CO)C(=O)N[C@@H](Cc1ccc(O)cc1)C(=O)N[C@@H](CCCCN)C(=O)O. The van der Waals surface area contributed by atoms with Gasteiger partial charge in [-0.1, -0.05) is 42.5 Å². The van der Waals surface area contributed by atoms with Crippen molar-refractivity contribution in [1.82, 2.24) is 47.9 Å². The second-order valence-electron chi connectivity index (χ2n) is 19.4. The van der Waals surface area contributed by atoms with E-state index in [0.29, 0.717) is 30.4 Å². The van der Waals surface area contributed by atoms with Gasteiger partial charge in [-0.05, 0) is 88.2 Å². The number of benzene rings is 2. The molecule has 0 fully saturated rings. The van der Waals surface area contributed by atoms with Gasteiger partial charge in [0, 0.05) is 19.3 Å². The van der Waals surface area contributed by atoms with Crippen LogP contribution in [0.1, 0.15) is 75.8 Å². The fourth-order valence-corrected chi connectivity index (χ4v) is 7.88. The number of aliphatic hydroxyl groups excluding tert-OH is 4. The molecular weight excluding hydrogens is 1110 g/mol. The summed E-state index contributed by atoms with van der Waals surface area (Å²) in [5.41, 5.74) is 17.5. The molecule has 0 radical (unpaired) electrons. The van der Waals surface area contributed by atoms with Crippen molar-refractivity contribution in [2.45, 2.75) is 144 Å². The summed E-state index contributed by atoms with van der Waals surface area (Å²) in [6.45, 7) is -1.91. The number of nitrogens with one attached hydrogen (secondary N) is 9. The Hall–Kier alpha value is -8.40. The molecule has 9 amide bonds. The highest BCUT2D eigenvalue weighted by atomic mass is 16.4. The van der Waals surface area contributed by atoms with Crippen LogP contribution in [-0.4, -0.2) is 211 Å². The summed E-state index contributed by atoms with van der Waals surface area (Å²) in [6, 6.07) is -3.91. The fourth-order valence-electron chi connectivity index (χ4n) is 7.88. The number of aliphatic hydroxyl groups is 4. The highest BCUT2D eigenvalue weighted by Crippen LogP contribution is 2.14. The Labute approximate surface area is 481 Å². The van der Waals surface area contributed by atoms with Gasteiger partial charge in [-0.25, -0.2) is 4.79 Å². The van der Waals surface area contributed by atoms with Gasteiger partial charge >= 0.3 is 17.9 Å². The number of amides is 9. The molecule has 0 aliphatic rings. The second kappa shape index (κ2) is 37.7. The van der Waals surface area contributed by atoms with Crippen molar-refractivity contribution in [3.8, 4) is 5.75 Å². The van der Waals surface area contributed by atoms with E-state index >= 15 is 0 Å². The normalized spacial score (nSPS) is 15.0. The molecule has 0 saturated carbocycles. The van der Waals surface area contributed by atoms with Crippen LogP contribution in [0.4, 0.5) is 0 Å². The molecule has 32 heteroatoms. The van der Waals surface area contributed by atoms with Crippen LogP contribution in [0.3, 0.4) is 0 Å². The van der Waals surface area contributed by atoms with Crippen LogP contribution >= 0.6 is 0 Å². The Kier molecular flexibility index (Phi) is 32.1. The zero-order valence-corrected chi connectivity index (χ0v) is 46.1. The number of hydrogen-bond acceptors (Lipinski definition) is 20. The third-order valence-corrected chi connectivity index (χ3v) is 12.6. The fraction of sp³-hybridized carbons (Fsp3) is 0.538. The van der Waals surface area contributed by atoms with Crippen molar-refractivity contribution in [3.05, 3.63) is 65.7 Å². The minimum absolute atomic E-state index is 0.0120. The van der Waals surface area contributed by atoms with Gasteiger partial charge in [-0.3, -0.25) is 52.7 Å². The number of hydrogen-bond donors (Lipinski definition) is 20. The molecule has 466 valence electrons. The zero-order valence-electron chi connectivity index (χ0n) is 46.1. The summed E-state index contributed by atoms with van der Waals surface area (Å²) in [5, 5.41) is 99.7. The quantitative estimate of drug-likeness (QED) is 0.0276. The molecular formula is C52H78N12O20. The minimum atomic E-state index is -1.94. The van der Waals surface area contributed by atoms with E-state index in [1.54, 1.807) is 18.2 Å². The van der Waals surface area contributed by atoms with E-state index < -0.39 is 177 Å². The molecule has 0 bridgehead atoms. The molecule has 0 spiro atoms. The summed E-state index contributed by atoms with van der Waals surface area (Å²) in [7, 11) is 0. The van der Waals surface area contributed by atoms with Crippen LogP contribution in [0.2, 0.25) is 0 Å². The van der Waals surface area contributed by atoms with Crippen LogP contribution in [0, 0.1) is 0 Å². The van der Waals surface area contributed by atoms with Gasteiger partial charge in [0.25, 0.3) is 0 Å². The molecule has 84 heavy (non-hydrogen) atoms. The van der Waals surface area contributed by atoms with E-state index in [-0.39, 0.29) is 50.9 Å². The molecule has 0 heterocycles. The van der Waals surface area contributed by atoms with Gasteiger partial charge in [-0.15, -0.1) is 0 Å². The standard InChI is InChI=1S/C52H78N12O20/c1-27(68)42(64-50(81)39(26-67)61-43(74)31(55)23-41(72)73)51(82)60-36(21-28-9-3-2-4-10-28)46(77)57-33(17-18-40(70)71)45(76)63-37(24-65)48(79)56-32(11-5-7-19-53)44(75)62-38(25-66)49(80)59-35(22-29-13-15-30(69)16-14-29)47(78)58-34(52(83)84)12-6-8-20-54/h2-4,9-10,13-16,27,31-39,42,65-69H,5-8,11-12,17-26,53-55H2,1H3,(H,56,79)(H,57,77)(H,58,78)(H,59,80)(H,60,82)(H,61,74)(H,62,75)(H,63,76)(H,64,81)(H,70,71)(H,72,73)(H,83,84)/t27-,31+,32+,33+,34+,35+,36+,37+,38+,39+,42+/m1/s1. The van der Waals surface area contributed by atoms with Gasteiger partial charge in [0.1, 0.15) is 60.1 Å². The highest BCUT2D eigenvalue weighted by molar-refractivity contribution is 5.99. The maximum absolute atomic E-state index is 14.1. The molecule has 23 N–H and O–H groups in total. The van der Waals surface area contributed by atoms with E-state index in [9.17, 15) is 93.3 Å². The average molecular weight is 1190 g/mol. The summed E-state index contributed by atoms with van der Waals surface area (Å²) in [4.78, 5) is 157. The maximum Gasteiger partial charge on any atom is 0.326 e. The summed E-state index contributed by atoms with van der Waals surface area (Å²) >= 11 is 0. The molecule has 0 saturated heterocycles. The lowest BCUT2D eigenvalue weighted by molar-refractivity contribution is -0.142. The largest absolute Gasteiger partial charge is 0.508 e. The molecule has 2 rings (SSSR count). The van der Waals surface area contributed by atoms with E-state index in [1.807, 2.05) is 5.32 Å². The lowest BCUT2D eigenvalue weighted by atomic mass is 10.0. The van der Waals surface area contributed by atoms with Crippen molar-refractivity contribution in [2.75, 3.05) is 32.9 Å². The molecule has 0 unspecified atom stereocenters. The zero-order chi connectivity index (χ0) is 63.1. The van der Waals surface area contributed by atoms with Gasteiger partial charge in [0.15, 0.2) is 0 Å². The Morgan fingerprint density at radius 2 is 0.810 bits per heavy atom. The topological polar surface area (TPSA) is 553 Å². The van der Waals surface area contributed by atoms with Crippen LogP contribution in [0.5, 0.6) is 5.75 Å². The number of aromatic hydroxyl groups is 1. The predicted molar refractivity (Wildman–Crippen MR) is 293 cm³/mol. The monoisotopic (exact) mass is 1190 g/mol. The van der Waals surface area contributed by atoms with Crippen molar-refractivity contribution in [2.24, 2.45) is 17.2 Å². The van der Waals surface area contributed by atoms with Gasteiger partial charge in [0.05, 0.1) is 38.4 Å². The summed E-state index contributed by atoms with van der Waals surface area (Å²) in [5.74, 6) is -14.9. The number of carbonyl (C=O) groups excluding carboxylic acids is 9. The lowest BCUT2D eigenvalue weighted by Crippen LogP contribution is -2.62. The van der Waals surface area contributed by atoms with Crippen LogP contribution < -0.4 is 65.1 Å². The lowest BCUT2D eigenvalue weighted by Gasteiger charge is -2.28. The van der Waals surface area contributed by atoms with Crippen LogP contribution in [0.15, 0.2) is 54.6 Å². The second-order valence-corrected chi connectivity index (χ2v) is 19.4. The van der Waals surface area contributed by atoms with Crippen molar-refractivity contribution < 1.29 is 98.4 Å². The van der Waals surface area contributed by atoms with E-state index in [1.165, 1.54) is 36.4 Å². The van der Waals surface area contributed by atoms with Crippen molar-refractivity contribution in [3.63, 3.8) is 0 Å². The van der Waals surface area contributed by atoms with Gasteiger partial charge in [-0.2, -0.15) is 0 Å². The summed E-state index contributed by atoms with van der Waals surface area (Å²) in [6.07, 6.45) is -3.63. The number of carboxylic acids is 3. The van der Waals surface area contributed by atoms with Crippen molar-refractivity contribution >= 4 is 71.1 Å². The molecule has 32 nitrogen and oxygen atoms in total. The maximum atomic E-state index is 14.1. The number of phenols is 1. The molecule has 11 atom stereocenters. The van der Waals surface area contributed by atoms with Crippen LogP contribution in [0.25, 0.3) is 0 Å². The first-order valence-electron chi connectivity index (χ1n) is 26.7. The third kappa shape index (κ3) is 25.8. The molecule has 0 aliphatic heterocycles. The third-order valence-electron chi connectivity index (χ3n) is 12.6. The number of unbranched alkanes of at least 4 members (excludes halogenated alkanes) is 2. The molecule has 2 aromatic carbocycles. The van der Waals surface area contributed by atoms with Crippen molar-refractivity contribution in [1.29, 1.82) is 0 Å². The number of carboxylic acid groups (broad SMARTS) is 3. The Balaban J connectivity index is 2.40. The Bertz CT molecular complexity index is 2530. The van der Waals surface area contributed by atoms with Crippen LogP contribution in [-0.2, 0) is 70.4 Å². The molecule has 0 aromatic heterocycles. The first-order valence-corrected chi connectivity index (χ1v) is 26.7. The Morgan fingerprint density at radius 1 is 0.440 bits per heavy atom. The summed E-state index contributed by atoms with van der Waals surface area (Å²) < 4.78 is 0. The first kappa shape index (κ1) is 71.7. The molecule has 0 aliphatic carbocycles. The smallest absolute Gasteiger partial charge is 0.326 e. The van der Waals surface area contributed by atoms with Gasteiger partial charge in [0.2, 0.25) is 53.2 Å². The van der Waals surface area contributed by atoms with E-state index in [2.05, 4.69) is 42.5 Å². The van der Waals surface area contributed by atoms with E-state index in [4.69, 9.17) is 22.3 Å². The number of rotatable bonds is 40. The Morgan fingerprint density at radius 3 is 1.24 bits per heavy atom. The molecule has 2 aromatic rings. The van der Waals surface area contributed by atoms with Gasteiger partial charge < -0.3 is 106 Å². The minimum Gasteiger partial charge on any atom is -0.508 e. The number of phenolic OH excluding ortho intramolecular Hbond substituents is 1. The first-order chi connectivity index (χ1) is 39.8.